The molecular formula is C15H18N2OS. The van der Waals surface area contributed by atoms with Gasteiger partial charge < -0.3 is 10.1 Å². The third kappa shape index (κ3) is 2.96. The molecule has 0 aliphatic heterocycles. The Labute approximate surface area is 117 Å². The van der Waals surface area contributed by atoms with Gasteiger partial charge in [0.05, 0.1) is 12.8 Å². The molecule has 1 fully saturated rings. The van der Waals surface area contributed by atoms with Crippen LogP contribution in [0, 0.1) is 6.92 Å². The van der Waals surface area contributed by atoms with Crippen LogP contribution >= 0.6 is 11.3 Å². The van der Waals surface area contributed by atoms with Gasteiger partial charge in [-0.2, -0.15) is 0 Å². The first kappa shape index (κ1) is 12.6. The van der Waals surface area contributed by atoms with Crippen LogP contribution in [0.2, 0.25) is 0 Å². The number of thiazole rings is 1. The predicted octanol–water partition coefficient (Wildman–Crippen LogP) is 3.38. The van der Waals surface area contributed by atoms with Crippen LogP contribution in [0.4, 0.5) is 0 Å². The Balaban J connectivity index is 1.77. The molecule has 0 bridgehead atoms. The summed E-state index contributed by atoms with van der Waals surface area (Å²) in [5, 5.41) is 4.64. The van der Waals surface area contributed by atoms with Crippen molar-refractivity contribution in [3.8, 4) is 16.3 Å². The van der Waals surface area contributed by atoms with Gasteiger partial charge in [-0.05, 0) is 44.0 Å². The van der Waals surface area contributed by atoms with Gasteiger partial charge in [-0.25, -0.2) is 4.98 Å². The average molecular weight is 274 g/mol. The van der Waals surface area contributed by atoms with E-state index in [-0.39, 0.29) is 0 Å². The Hall–Kier alpha value is -1.39. The van der Waals surface area contributed by atoms with E-state index >= 15 is 0 Å². The van der Waals surface area contributed by atoms with Gasteiger partial charge in [-0.1, -0.05) is 0 Å². The van der Waals surface area contributed by atoms with Gasteiger partial charge in [0.15, 0.2) is 0 Å². The standard InChI is InChI=1S/C15H18N2OS/c1-10-14(9-16-12-5-6-12)19-15(17-10)11-3-7-13(18-2)8-4-11/h3-4,7-8,12,16H,5-6,9H2,1-2H3. The van der Waals surface area contributed by atoms with Gasteiger partial charge in [0.1, 0.15) is 10.8 Å². The SMILES string of the molecule is COc1ccc(-c2nc(C)c(CNC3CC3)s2)cc1. The van der Waals surface area contributed by atoms with Crippen LogP contribution in [0.15, 0.2) is 24.3 Å². The monoisotopic (exact) mass is 274 g/mol. The van der Waals surface area contributed by atoms with E-state index in [9.17, 15) is 0 Å². The summed E-state index contributed by atoms with van der Waals surface area (Å²) in [6, 6.07) is 8.83. The van der Waals surface area contributed by atoms with Crippen molar-refractivity contribution in [2.75, 3.05) is 7.11 Å². The van der Waals surface area contributed by atoms with E-state index in [1.165, 1.54) is 17.7 Å². The lowest BCUT2D eigenvalue weighted by Crippen LogP contribution is -2.14. The van der Waals surface area contributed by atoms with Gasteiger partial charge in [0.25, 0.3) is 0 Å². The zero-order valence-corrected chi connectivity index (χ0v) is 12.1. The van der Waals surface area contributed by atoms with Gasteiger partial charge in [-0.15, -0.1) is 11.3 Å². The number of methoxy groups -OCH3 is 1. The lowest BCUT2D eigenvalue weighted by atomic mass is 10.2. The van der Waals surface area contributed by atoms with E-state index in [2.05, 4.69) is 29.4 Å². The molecule has 1 aromatic heterocycles. The number of rotatable bonds is 5. The maximum atomic E-state index is 5.18. The highest BCUT2D eigenvalue weighted by atomic mass is 32.1. The largest absolute Gasteiger partial charge is 0.497 e. The van der Waals surface area contributed by atoms with Crippen LogP contribution in [0.5, 0.6) is 5.75 Å². The van der Waals surface area contributed by atoms with E-state index in [0.29, 0.717) is 0 Å². The molecule has 1 aromatic carbocycles. The zero-order chi connectivity index (χ0) is 13.2. The van der Waals surface area contributed by atoms with Gasteiger partial charge in [0.2, 0.25) is 0 Å². The number of benzene rings is 1. The molecule has 2 aromatic rings. The minimum Gasteiger partial charge on any atom is -0.497 e. The minimum absolute atomic E-state index is 0.742. The number of hydrogen-bond donors (Lipinski definition) is 1. The number of aromatic nitrogens is 1. The van der Waals surface area contributed by atoms with Crippen molar-refractivity contribution in [3.05, 3.63) is 34.8 Å². The van der Waals surface area contributed by atoms with Crippen LogP contribution in [0.3, 0.4) is 0 Å². The Morgan fingerprint density at radius 2 is 2.05 bits per heavy atom. The predicted molar refractivity (Wildman–Crippen MR) is 78.7 cm³/mol. The van der Waals surface area contributed by atoms with E-state index in [1.807, 2.05) is 12.1 Å². The highest BCUT2D eigenvalue weighted by Gasteiger charge is 2.21. The number of nitrogens with one attached hydrogen (secondary N) is 1. The molecule has 1 heterocycles. The third-order valence-electron chi connectivity index (χ3n) is 3.36. The van der Waals surface area contributed by atoms with Crippen molar-refractivity contribution in [1.29, 1.82) is 0 Å². The van der Waals surface area contributed by atoms with Gasteiger partial charge >= 0.3 is 0 Å². The molecule has 0 amide bonds. The maximum Gasteiger partial charge on any atom is 0.123 e. The van der Waals surface area contributed by atoms with Crippen molar-refractivity contribution < 1.29 is 4.74 Å². The summed E-state index contributed by atoms with van der Waals surface area (Å²) in [6.45, 7) is 3.04. The maximum absolute atomic E-state index is 5.18. The first-order valence-corrected chi connectivity index (χ1v) is 7.42. The average Bonchev–Trinajstić information content (AvgIpc) is 3.20. The van der Waals surface area contributed by atoms with Crippen molar-refractivity contribution >= 4 is 11.3 Å². The van der Waals surface area contributed by atoms with Crippen LogP contribution in [-0.2, 0) is 6.54 Å². The van der Waals surface area contributed by atoms with E-state index in [1.54, 1.807) is 18.4 Å². The molecule has 1 aliphatic carbocycles. The second-order valence-electron chi connectivity index (χ2n) is 4.91. The van der Waals surface area contributed by atoms with Crippen LogP contribution in [0.1, 0.15) is 23.4 Å². The van der Waals surface area contributed by atoms with Crippen LogP contribution in [0.25, 0.3) is 10.6 Å². The normalized spacial score (nSPS) is 14.6. The molecule has 1 saturated carbocycles. The van der Waals surface area contributed by atoms with E-state index in [4.69, 9.17) is 4.74 Å². The van der Waals surface area contributed by atoms with Crippen LogP contribution < -0.4 is 10.1 Å². The molecule has 0 saturated heterocycles. The quantitative estimate of drug-likeness (QED) is 0.907. The molecule has 19 heavy (non-hydrogen) atoms. The van der Waals surface area contributed by atoms with Crippen molar-refractivity contribution in [2.24, 2.45) is 0 Å². The molecule has 3 nitrogen and oxygen atoms in total. The lowest BCUT2D eigenvalue weighted by molar-refractivity contribution is 0.415. The molecule has 0 spiro atoms. The molecule has 0 radical (unpaired) electrons. The fourth-order valence-electron chi connectivity index (χ4n) is 1.97. The summed E-state index contributed by atoms with van der Waals surface area (Å²) >= 11 is 1.78. The minimum atomic E-state index is 0.742. The lowest BCUT2D eigenvalue weighted by Gasteiger charge is -2.00. The fraction of sp³-hybridized carbons (Fsp3) is 0.400. The fourth-order valence-corrected chi connectivity index (χ4v) is 2.99. The summed E-state index contributed by atoms with van der Waals surface area (Å²) in [7, 11) is 1.68. The van der Waals surface area contributed by atoms with E-state index in [0.717, 1.165) is 34.6 Å². The molecule has 0 unspecified atom stereocenters. The van der Waals surface area contributed by atoms with Crippen molar-refractivity contribution in [3.63, 3.8) is 0 Å². The van der Waals surface area contributed by atoms with E-state index < -0.39 is 0 Å². The number of aryl methyl sites for hydroxylation is 1. The Morgan fingerprint density at radius 1 is 1.32 bits per heavy atom. The molecule has 100 valence electrons. The molecule has 0 atom stereocenters. The van der Waals surface area contributed by atoms with Crippen molar-refractivity contribution in [2.45, 2.75) is 32.4 Å². The highest BCUT2D eigenvalue weighted by Crippen LogP contribution is 2.29. The summed E-state index contributed by atoms with van der Waals surface area (Å²) in [4.78, 5) is 6.02. The third-order valence-corrected chi connectivity index (χ3v) is 4.56. The molecular weight excluding hydrogens is 256 g/mol. The van der Waals surface area contributed by atoms with Crippen LogP contribution in [-0.4, -0.2) is 18.1 Å². The smallest absolute Gasteiger partial charge is 0.123 e. The summed E-state index contributed by atoms with van der Waals surface area (Å²) in [5.41, 5.74) is 2.30. The first-order chi connectivity index (χ1) is 9.26. The second-order valence-corrected chi connectivity index (χ2v) is 5.99. The second kappa shape index (κ2) is 5.31. The molecule has 3 rings (SSSR count). The number of hydrogen-bond acceptors (Lipinski definition) is 4. The highest BCUT2D eigenvalue weighted by molar-refractivity contribution is 7.15. The summed E-state index contributed by atoms with van der Waals surface area (Å²) < 4.78 is 5.18. The Morgan fingerprint density at radius 3 is 2.68 bits per heavy atom. The summed E-state index contributed by atoms with van der Waals surface area (Å²) in [6.07, 6.45) is 2.65. The van der Waals surface area contributed by atoms with Gasteiger partial charge in [0, 0.05) is 23.0 Å². The topological polar surface area (TPSA) is 34.1 Å². The zero-order valence-electron chi connectivity index (χ0n) is 11.3. The first-order valence-electron chi connectivity index (χ1n) is 6.60. The number of ether oxygens (including phenoxy) is 1. The van der Waals surface area contributed by atoms with Crippen molar-refractivity contribution in [1.82, 2.24) is 10.3 Å². The summed E-state index contributed by atoms with van der Waals surface area (Å²) in [5.74, 6) is 0.882. The molecule has 4 heteroatoms. The number of nitrogens with zero attached hydrogens (tertiary/aromatic N) is 1. The van der Waals surface area contributed by atoms with Gasteiger partial charge in [-0.3, -0.25) is 0 Å². The Bertz CT molecular complexity index is 558. The Kier molecular flexibility index (Phi) is 3.53. The molecule has 1 N–H and O–H groups in total. The molecule has 1 aliphatic rings.